The summed E-state index contributed by atoms with van der Waals surface area (Å²) in [5, 5.41) is 0. The van der Waals surface area contributed by atoms with Crippen LogP contribution in [0.3, 0.4) is 0 Å². The first kappa shape index (κ1) is 9.28. The molecule has 1 atom stereocenters. The van der Waals surface area contributed by atoms with E-state index in [2.05, 4.69) is 0 Å². The van der Waals surface area contributed by atoms with E-state index in [0.29, 0.717) is 0 Å². The monoisotopic (exact) mass is 210 g/mol. The number of carbonyl (C=O) groups excluding carboxylic acids is 1. The van der Waals surface area contributed by atoms with Crippen LogP contribution in [0.2, 0.25) is 0 Å². The third-order valence-electron chi connectivity index (χ3n) is 3.10. The lowest BCUT2D eigenvalue weighted by atomic mass is 10.1. The quantitative estimate of drug-likeness (QED) is 0.659. The van der Waals surface area contributed by atoms with Gasteiger partial charge in [-0.05, 0) is 5.56 Å². The van der Waals surface area contributed by atoms with Gasteiger partial charge in [-0.1, -0.05) is 30.3 Å². The van der Waals surface area contributed by atoms with E-state index in [9.17, 15) is 4.79 Å². The Kier molecular flexibility index (Phi) is 2.07. The van der Waals surface area contributed by atoms with Gasteiger partial charge in [0, 0.05) is 24.1 Å². The summed E-state index contributed by atoms with van der Waals surface area (Å²) >= 11 is 0. The lowest BCUT2D eigenvalue weighted by molar-refractivity contribution is -0.707. The molecule has 1 aromatic heterocycles. The third-order valence-corrected chi connectivity index (χ3v) is 3.10. The van der Waals surface area contributed by atoms with Crippen molar-refractivity contribution in [3.63, 3.8) is 0 Å². The van der Waals surface area contributed by atoms with Crippen LogP contribution < -0.4 is 4.57 Å². The summed E-state index contributed by atoms with van der Waals surface area (Å²) in [6.45, 7) is 0. The van der Waals surface area contributed by atoms with Gasteiger partial charge in [-0.3, -0.25) is 4.79 Å². The fraction of sp³-hybridized carbons (Fsp3) is 0.143. The van der Waals surface area contributed by atoms with Gasteiger partial charge in [0.2, 0.25) is 11.8 Å². The summed E-state index contributed by atoms with van der Waals surface area (Å²) < 4.78 is 1.99. The Morgan fingerprint density at radius 3 is 2.50 bits per heavy atom. The lowest BCUT2D eigenvalue weighted by Crippen LogP contribution is -2.41. The lowest BCUT2D eigenvalue weighted by Gasteiger charge is -2.01. The molecule has 2 nitrogen and oxygen atoms in total. The largest absolute Gasteiger partial charge is 0.287 e. The van der Waals surface area contributed by atoms with E-state index in [1.54, 1.807) is 0 Å². The summed E-state index contributed by atoms with van der Waals surface area (Å²) in [6.07, 6.45) is 4.71. The first-order chi connectivity index (χ1) is 7.86. The van der Waals surface area contributed by atoms with Crippen LogP contribution >= 0.6 is 0 Å². The normalized spacial score (nSPS) is 18.5. The highest BCUT2D eigenvalue weighted by atomic mass is 16.1. The molecule has 0 bridgehead atoms. The summed E-state index contributed by atoms with van der Waals surface area (Å²) in [4.78, 5) is 12.2. The standard InChI is InChI=1S/C14H12NO/c16-14-12-7-3-2-6-11(12)10-13(14)15-8-4-1-5-9-15/h1-9,13H,10H2/q+1. The van der Waals surface area contributed by atoms with E-state index in [4.69, 9.17) is 0 Å². The molecule has 2 aromatic rings. The predicted molar refractivity (Wildman–Crippen MR) is 60.2 cm³/mol. The van der Waals surface area contributed by atoms with Crippen LogP contribution in [0.25, 0.3) is 0 Å². The van der Waals surface area contributed by atoms with Crippen LogP contribution in [-0.2, 0) is 6.42 Å². The Labute approximate surface area is 94.2 Å². The average molecular weight is 210 g/mol. The average Bonchev–Trinajstić information content (AvgIpc) is 2.69. The molecule has 0 saturated heterocycles. The minimum absolute atomic E-state index is 0.0569. The van der Waals surface area contributed by atoms with Gasteiger partial charge in [-0.25, -0.2) is 0 Å². The van der Waals surface area contributed by atoms with Crippen molar-refractivity contribution < 1.29 is 9.36 Å². The Morgan fingerprint density at radius 1 is 1.00 bits per heavy atom. The molecular weight excluding hydrogens is 198 g/mol. The van der Waals surface area contributed by atoms with E-state index in [-0.39, 0.29) is 11.8 Å². The third kappa shape index (κ3) is 1.34. The van der Waals surface area contributed by atoms with Crippen molar-refractivity contribution >= 4 is 5.78 Å². The number of ketones is 1. The summed E-state index contributed by atoms with van der Waals surface area (Å²) in [7, 11) is 0. The molecule has 1 aromatic carbocycles. The van der Waals surface area contributed by atoms with Crippen LogP contribution in [0.5, 0.6) is 0 Å². The number of aromatic nitrogens is 1. The second kappa shape index (κ2) is 3.56. The minimum Gasteiger partial charge on any atom is -0.287 e. The van der Waals surface area contributed by atoms with E-state index in [1.165, 1.54) is 0 Å². The van der Waals surface area contributed by atoms with Gasteiger partial charge in [0.05, 0.1) is 0 Å². The second-order valence-corrected chi connectivity index (χ2v) is 4.06. The SMILES string of the molecule is O=C1c2ccccc2CC1[n+]1ccccc1. The highest BCUT2D eigenvalue weighted by molar-refractivity contribution is 6.02. The molecule has 0 spiro atoms. The van der Waals surface area contributed by atoms with Gasteiger partial charge in [-0.15, -0.1) is 0 Å². The van der Waals surface area contributed by atoms with Gasteiger partial charge >= 0.3 is 0 Å². The van der Waals surface area contributed by atoms with Crippen molar-refractivity contribution in [3.05, 3.63) is 66.0 Å². The molecule has 0 amide bonds. The van der Waals surface area contributed by atoms with Crippen molar-refractivity contribution in [2.45, 2.75) is 12.5 Å². The molecule has 0 aliphatic heterocycles. The van der Waals surface area contributed by atoms with E-state index in [1.807, 2.05) is 59.4 Å². The number of hydrogen-bond acceptors (Lipinski definition) is 1. The van der Waals surface area contributed by atoms with Crippen molar-refractivity contribution in [3.8, 4) is 0 Å². The molecule has 3 rings (SSSR count). The van der Waals surface area contributed by atoms with Gasteiger partial charge in [0.15, 0.2) is 12.4 Å². The maximum atomic E-state index is 12.2. The Hall–Kier alpha value is -1.96. The van der Waals surface area contributed by atoms with Gasteiger partial charge in [-0.2, -0.15) is 4.57 Å². The van der Waals surface area contributed by atoms with Crippen LogP contribution in [-0.4, -0.2) is 5.78 Å². The minimum atomic E-state index is -0.0569. The molecule has 16 heavy (non-hydrogen) atoms. The zero-order valence-electron chi connectivity index (χ0n) is 8.84. The van der Waals surface area contributed by atoms with E-state index < -0.39 is 0 Å². The number of nitrogens with zero attached hydrogens (tertiary/aromatic N) is 1. The Balaban J connectivity index is 2.02. The molecule has 0 saturated carbocycles. The molecule has 1 heterocycles. The molecule has 1 aliphatic rings. The van der Waals surface area contributed by atoms with E-state index in [0.717, 1.165) is 17.5 Å². The van der Waals surface area contributed by atoms with Gasteiger partial charge < -0.3 is 0 Å². The van der Waals surface area contributed by atoms with Crippen molar-refractivity contribution in [2.24, 2.45) is 0 Å². The zero-order chi connectivity index (χ0) is 11.0. The van der Waals surface area contributed by atoms with Crippen LogP contribution in [0, 0.1) is 0 Å². The summed E-state index contributed by atoms with van der Waals surface area (Å²) in [6, 6.07) is 13.7. The number of fused-ring (bicyclic) bond motifs is 1. The maximum absolute atomic E-state index is 12.2. The Morgan fingerprint density at radius 2 is 1.75 bits per heavy atom. The summed E-state index contributed by atoms with van der Waals surface area (Å²) in [5.74, 6) is 0.229. The second-order valence-electron chi connectivity index (χ2n) is 4.06. The highest BCUT2D eigenvalue weighted by Crippen LogP contribution is 2.26. The molecule has 0 fully saturated rings. The molecule has 1 unspecified atom stereocenters. The van der Waals surface area contributed by atoms with Gasteiger partial charge in [0.25, 0.3) is 0 Å². The number of benzene rings is 1. The Bertz CT molecular complexity index is 533. The number of hydrogen-bond donors (Lipinski definition) is 0. The van der Waals surface area contributed by atoms with Crippen LogP contribution in [0.15, 0.2) is 54.9 Å². The zero-order valence-corrected chi connectivity index (χ0v) is 8.84. The van der Waals surface area contributed by atoms with Crippen molar-refractivity contribution in [1.82, 2.24) is 0 Å². The first-order valence-electron chi connectivity index (χ1n) is 5.44. The highest BCUT2D eigenvalue weighted by Gasteiger charge is 2.36. The van der Waals surface area contributed by atoms with Gasteiger partial charge in [0.1, 0.15) is 0 Å². The van der Waals surface area contributed by atoms with Crippen LogP contribution in [0.1, 0.15) is 22.0 Å². The van der Waals surface area contributed by atoms with Crippen LogP contribution in [0.4, 0.5) is 0 Å². The topological polar surface area (TPSA) is 20.9 Å². The smallest absolute Gasteiger partial charge is 0.231 e. The number of rotatable bonds is 1. The molecular formula is C14H12NO+. The van der Waals surface area contributed by atoms with E-state index >= 15 is 0 Å². The molecule has 2 heteroatoms. The number of carbonyl (C=O) groups is 1. The number of pyridine rings is 1. The predicted octanol–water partition coefficient (Wildman–Crippen LogP) is 1.95. The fourth-order valence-corrected chi connectivity index (χ4v) is 2.28. The number of Topliss-reactive ketones (excluding diaryl/α,β-unsaturated/α-hetero) is 1. The summed E-state index contributed by atoms with van der Waals surface area (Å²) in [5.41, 5.74) is 2.04. The van der Waals surface area contributed by atoms with Crippen molar-refractivity contribution in [1.29, 1.82) is 0 Å². The molecule has 0 N–H and O–H groups in total. The first-order valence-corrected chi connectivity index (χ1v) is 5.44. The molecule has 1 aliphatic carbocycles. The van der Waals surface area contributed by atoms with Crippen molar-refractivity contribution in [2.75, 3.05) is 0 Å². The maximum Gasteiger partial charge on any atom is 0.231 e. The molecule has 0 radical (unpaired) electrons. The molecule has 78 valence electrons. The fourth-order valence-electron chi connectivity index (χ4n) is 2.28.